The molecular weight excluding hydrogens is 238 g/mol. The summed E-state index contributed by atoms with van der Waals surface area (Å²) in [4.78, 5) is 9.50. The third-order valence-electron chi connectivity index (χ3n) is 4.37. The van der Waals surface area contributed by atoms with Crippen molar-refractivity contribution < 1.29 is 5.11 Å². The van der Waals surface area contributed by atoms with Crippen molar-refractivity contribution in [2.75, 3.05) is 26.2 Å². The molecule has 2 fully saturated rings. The number of likely N-dealkylation sites (tertiary alicyclic amines) is 2. The van der Waals surface area contributed by atoms with Gasteiger partial charge in [0.15, 0.2) is 0 Å². The van der Waals surface area contributed by atoms with E-state index in [1.807, 2.05) is 13.0 Å². The molecule has 2 aliphatic heterocycles. The molecule has 0 aromatic carbocycles. The van der Waals surface area contributed by atoms with Crippen molar-refractivity contribution in [1.29, 1.82) is 0 Å². The molecule has 3 rings (SSSR count). The third kappa shape index (κ3) is 2.90. The Bertz CT molecular complexity index is 443. The summed E-state index contributed by atoms with van der Waals surface area (Å²) in [6.45, 7) is 7.53. The molecule has 2 saturated heterocycles. The van der Waals surface area contributed by atoms with Gasteiger partial charge >= 0.3 is 0 Å². The predicted octanol–water partition coefficient (Wildman–Crippen LogP) is 1.77. The van der Waals surface area contributed by atoms with Crippen LogP contribution in [0.2, 0.25) is 0 Å². The molecule has 1 unspecified atom stereocenters. The quantitative estimate of drug-likeness (QED) is 0.900. The highest BCUT2D eigenvalue weighted by molar-refractivity contribution is 5.27. The third-order valence-corrected chi connectivity index (χ3v) is 4.37. The number of aryl methyl sites for hydroxylation is 1. The van der Waals surface area contributed by atoms with E-state index >= 15 is 0 Å². The summed E-state index contributed by atoms with van der Waals surface area (Å²) in [7, 11) is 0. The van der Waals surface area contributed by atoms with Crippen molar-refractivity contribution in [3.8, 4) is 5.75 Å². The Morgan fingerprint density at radius 3 is 2.84 bits per heavy atom. The predicted molar refractivity (Wildman–Crippen MR) is 75.1 cm³/mol. The van der Waals surface area contributed by atoms with Gasteiger partial charge in [-0.05, 0) is 51.4 Å². The van der Waals surface area contributed by atoms with Crippen LogP contribution in [0.15, 0.2) is 12.1 Å². The van der Waals surface area contributed by atoms with Gasteiger partial charge < -0.3 is 5.11 Å². The van der Waals surface area contributed by atoms with Gasteiger partial charge in [0.05, 0.1) is 5.69 Å². The molecule has 0 radical (unpaired) electrons. The number of nitrogens with zero attached hydrogens (tertiary/aromatic N) is 3. The minimum atomic E-state index is 0.329. The van der Waals surface area contributed by atoms with Crippen LogP contribution in [0.4, 0.5) is 0 Å². The molecule has 2 aliphatic rings. The lowest BCUT2D eigenvalue weighted by Crippen LogP contribution is -2.35. The summed E-state index contributed by atoms with van der Waals surface area (Å²) in [5.74, 6) is 0.329. The van der Waals surface area contributed by atoms with Crippen molar-refractivity contribution in [2.24, 2.45) is 0 Å². The van der Waals surface area contributed by atoms with Gasteiger partial charge in [-0.3, -0.25) is 14.8 Å². The Morgan fingerprint density at radius 1 is 1.26 bits per heavy atom. The molecule has 19 heavy (non-hydrogen) atoms. The van der Waals surface area contributed by atoms with E-state index in [2.05, 4.69) is 14.8 Å². The van der Waals surface area contributed by atoms with E-state index in [1.54, 1.807) is 6.07 Å². The number of aromatic hydroxyl groups is 1. The van der Waals surface area contributed by atoms with Crippen LogP contribution >= 0.6 is 0 Å². The Kier molecular flexibility index (Phi) is 3.71. The van der Waals surface area contributed by atoms with Crippen LogP contribution in [-0.4, -0.2) is 52.1 Å². The second-order valence-corrected chi connectivity index (χ2v) is 5.84. The minimum absolute atomic E-state index is 0.329. The van der Waals surface area contributed by atoms with Crippen molar-refractivity contribution in [3.05, 3.63) is 23.5 Å². The van der Waals surface area contributed by atoms with Gasteiger partial charge in [-0.15, -0.1) is 0 Å². The summed E-state index contributed by atoms with van der Waals surface area (Å²) >= 11 is 0. The molecular formula is C15H23N3O. The van der Waals surface area contributed by atoms with Crippen molar-refractivity contribution in [1.82, 2.24) is 14.8 Å². The van der Waals surface area contributed by atoms with Gasteiger partial charge in [0.1, 0.15) is 5.75 Å². The Morgan fingerprint density at radius 2 is 2.05 bits per heavy atom. The number of hydrogen-bond acceptors (Lipinski definition) is 4. The Hall–Kier alpha value is -1.13. The first-order valence-corrected chi connectivity index (χ1v) is 7.34. The summed E-state index contributed by atoms with van der Waals surface area (Å²) < 4.78 is 0. The van der Waals surface area contributed by atoms with Crippen molar-refractivity contribution in [3.63, 3.8) is 0 Å². The van der Waals surface area contributed by atoms with Gasteiger partial charge in [0.25, 0.3) is 0 Å². The largest absolute Gasteiger partial charge is 0.506 e. The number of aromatic nitrogens is 1. The maximum absolute atomic E-state index is 9.87. The van der Waals surface area contributed by atoms with E-state index < -0.39 is 0 Å². The van der Waals surface area contributed by atoms with E-state index in [4.69, 9.17) is 0 Å². The smallest absolute Gasteiger partial charge is 0.138 e. The second-order valence-electron chi connectivity index (χ2n) is 5.84. The summed E-state index contributed by atoms with van der Waals surface area (Å²) in [6.07, 6.45) is 3.97. The van der Waals surface area contributed by atoms with E-state index in [0.717, 1.165) is 37.1 Å². The SMILES string of the molecule is Cc1ccc(O)c(CN2CCC(N3CCCC3)C2)n1. The van der Waals surface area contributed by atoms with Crippen LogP contribution < -0.4 is 0 Å². The summed E-state index contributed by atoms with van der Waals surface area (Å²) in [6, 6.07) is 4.33. The zero-order valence-corrected chi connectivity index (χ0v) is 11.7. The highest BCUT2D eigenvalue weighted by atomic mass is 16.3. The first-order chi connectivity index (χ1) is 9.22. The second kappa shape index (κ2) is 5.47. The van der Waals surface area contributed by atoms with E-state index in [0.29, 0.717) is 5.75 Å². The normalized spacial score (nSPS) is 25.2. The molecule has 0 saturated carbocycles. The van der Waals surface area contributed by atoms with Crippen LogP contribution in [0, 0.1) is 6.92 Å². The highest BCUT2D eigenvalue weighted by Crippen LogP contribution is 2.23. The zero-order valence-electron chi connectivity index (χ0n) is 11.7. The molecule has 1 atom stereocenters. The molecule has 0 bridgehead atoms. The monoisotopic (exact) mass is 261 g/mol. The van der Waals surface area contributed by atoms with E-state index in [9.17, 15) is 5.11 Å². The fourth-order valence-electron chi connectivity index (χ4n) is 3.29. The molecule has 104 valence electrons. The first-order valence-electron chi connectivity index (χ1n) is 7.34. The molecule has 0 spiro atoms. The summed E-state index contributed by atoms with van der Waals surface area (Å²) in [5.41, 5.74) is 1.80. The van der Waals surface area contributed by atoms with Gasteiger partial charge in [-0.2, -0.15) is 0 Å². The number of pyridine rings is 1. The zero-order chi connectivity index (χ0) is 13.2. The highest BCUT2D eigenvalue weighted by Gasteiger charge is 2.29. The fraction of sp³-hybridized carbons (Fsp3) is 0.667. The number of hydrogen-bond donors (Lipinski definition) is 1. The lowest BCUT2D eigenvalue weighted by molar-refractivity contribution is 0.228. The Labute approximate surface area is 115 Å². The lowest BCUT2D eigenvalue weighted by atomic mass is 10.2. The van der Waals surface area contributed by atoms with Gasteiger partial charge in [-0.25, -0.2) is 0 Å². The molecule has 1 N–H and O–H groups in total. The molecule has 0 aliphatic carbocycles. The maximum atomic E-state index is 9.87. The molecule has 1 aromatic heterocycles. The molecule has 3 heterocycles. The van der Waals surface area contributed by atoms with Crippen LogP contribution in [0.25, 0.3) is 0 Å². The van der Waals surface area contributed by atoms with Crippen LogP contribution in [0.5, 0.6) is 5.75 Å². The molecule has 1 aromatic rings. The topological polar surface area (TPSA) is 39.6 Å². The molecule has 4 heteroatoms. The van der Waals surface area contributed by atoms with E-state index in [-0.39, 0.29) is 0 Å². The first kappa shape index (κ1) is 12.9. The van der Waals surface area contributed by atoms with Gasteiger partial charge in [0.2, 0.25) is 0 Å². The molecule has 0 amide bonds. The van der Waals surface area contributed by atoms with Gasteiger partial charge in [0, 0.05) is 31.4 Å². The number of rotatable bonds is 3. The van der Waals surface area contributed by atoms with Crippen molar-refractivity contribution in [2.45, 2.75) is 38.8 Å². The fourth-order valence-corrected chi connectivity index (χ4v) is 3.29. The van der Waals surface area contributed by atoms with Crippen LogP contribution in [0.3, 0.4) is 0 Å². The average Bonchev–Trinajstić information content (AvgIpc) is 3.04. The minimum Gasteiger partial charge on any atom is -0.506 e. The van der Waals surface area contributed by atoms with Crippen molar-refractivity contribution >= 4 is 0 Å². The van der Waals surface area contributed by atoms with Gasteiger partial charge in [-0.1, -0.05) is 0 Å². The lowest BCUT2D eigenvalue weighted by Gasteiger charge is -2.23. The Balaban J connectivity index is 1.60. The van der Waals surface area contributed by atoms with Crippen LogP contribution in [0.1, 0.15) is 30.7 Å². The average molecular weight is 261 g/mol. The summed E-state index contributed by atoms with van der Waals surface area (Å²) in [5, 5.41) is 9.87. The maximum Gasteiger partial charge on any atom is 0.138 e. The molecule has 4 nitrogen and oxygen atoms in total. The van der Waals surface area contributed by atoms with Crippen LogP contribution in [-0.2, 0) is 6.54 Å². The standard InChI is InChI=1S/C15H23N3O/c1-12-4-5-15(19)14(16-12)11-17-9-6-13(10-17)18-7-2-3-8-18/h4-5,13,19H,2-3,6-11H2,1H3. The van der Waals surface area contributed by atoms with E-state index in [1.165, 1.54) is 32.4 Å².